The highest BCUT2D eigenvalue weighted by molar-refractivity contribution is 14.1. The van der Waals surface area contributed by atoms with Gasteiger partial charge in [0.15, 0.2) is 11.5 Å². The molecule has 0 N–H and O–H groups in total. The van der Waals surface area contributed by atoms with Crippen LogP contribution in [0.5, 0.6) is 17.2 Å². The first-order chi connectivity index (χ1) is 13.4. The number of likely N-dealkylation sites (N-methyl/N-ethyl adjacent to an activating group) is 1. The first-order valence-corrected chi connectivity index (χ1v) is 10.3. The molecule has 0 aliphatic heterocycles. The van der Waals surface area contributed by atoms with E-state index in [4.69, 9.17) is 14.2 Å². The van der Waals surface area contributed by atoms with Crippen molar-refractivity contribution in [3.8, 4) is 17.2 Å². The molecule has 2 aromatic rings. The first kappa shape index (κ1) is 22.3. The molecule has 1 amide bonds. The third-order valence-corrected chi connectivity index (χ3v) is 5.99. The zero-order valence-electron chi connectivity index (χ0n) is 17.1. The van der Waals surface area contributed by atoms with Crippen LogP contribution >= 0.6 is 22.6 Å². The van der Waals surface area contributed by atoms with Crippen LogP contribution in [0.25, 0.3) is 0 Å². The molecule has 0 fully saturated rings. The second kappa shape index (κ2) is 10.5. The zero-order valence-corrected chi connectivity index (χ0v) is 19.3. The summed E-state index contributed by atoms with van der Waals surface area (Å²) in [6.07, 6.45) is 2.11. The second-order valence-corrected chi connectivity index (χ2v) is 7.88. The molecule has 0 aromatic heterocycles. The Labute approximate surface area is 181 Å². The molecule has 0 bridgehead atoms. The topological polar surface area (TPSA) is 48.0 Å². The largest absolute Gasteiger partial charge is 0.497 e. The molecule has 5 nitrogen and oxygen atoms in total. The monoisotopic (exact) mass is 497 g/mol. The van der Waals surface area contributed by atoms with Crippen LogP contribution in [-0.4, -0.2) is 45.2 Å². The van der Waals surface area contributed by atoms with E-state index in [0.29, 0.717) is 17.9 Å². The summed E-state index contributed by atoms with van der Waals surface area (Å²) in [5.74, 6) is 2.24. The van der Waals surface area contributed by atoms with Gasteiger partial charge in [0.1, 0.15) is 5.75 Å². The normalized spacial score (nSPS) is 11.6. The fourth-order valence-electron chi connectivity index (χ4n) is 2.96. The van der Waals surface area contributed by atoms with Gasteiger partial charge in [-0.3, -0.25) is 4.79 Å². The molecular weight excluding hydrogens is 469 g/mol. The summed E-state index contributed by atoms with van der Waals surface area (Å²) < 4.78 is 17.1. The molecule has 0 heterocycles. The number of carbonyl (C=O) groups is 1. The number of ether oxygens (including phenoxy) is 3. The van der Waals surface area contributed by atoms with Crippen molar-refractivity contribution in [3.63, 3.8) is 0 Å². The maximum absolute atomic E-state index is 12.7. The van der Waals surface area contributed by atoms with E-state index in [1.807, 2.05) is 36.2 Å². The summed E-state index contributed by atoms with van der Waals surface area (Å²) in [5, 5.41) is 0. The molecule has 0 aliphatic rings. The number of benzene rings is 2. The number of amides is 1. The Morgan fingerprint density at radius 2 is 1.75 bits per heavy atom. The van der Waals surface area contributed by atoms with Crippen LogP contribution in [0.1, 0.15) is 24.5 Å². The van der Waals surface area contributed by atoms with Gasteiger partial charge in [-0.05, 0) is 83.8 Å². The van der Waals surface area contributed by atoms with E-state index >= 15 is 0 Å². The van der Waals surface area contributed by atoms with Crippen LogP contribution in [0, 0.1) is 3.57 Å². The molecule has 0 radical (unpaired) electrons. The average molecular weight is 497 g/mol. The van der Waals surface area contributed by atoms with Crippen molar-refractivity contribution >= 4 is 28.5 Å². The lowest BCUT2D eigenvalue weighted by Gasteiger charge is -2.25. The van der Waals surface area contributed by atoms with E-state index in [9.17, 15) is 4.79 Å². The van der Waals surface area contributed by atoms with Gasteiger partial charge in [-0.15, -0.1) is 0 Å². The predicted octanol–water partition coefficient (Wildman–Crippen LogP) is 4.34. The molecule has 2 rings (SSSR count). The van der Waals surface area contributed by atoms with Gasteiger partial charge in [0.25, 0.3) is 0 Å². The summed E-state index contributed by atoms with van der Waals surface area (Å²) in [6, 6.07) is 11.8. The number of methoxy groups -OCH3 is 3. The number of nitrogens with zero attached hydrogens (tertiary/aromatic N) is 1. The number of hydrogen-bond donors (Lipinski definition) is 0. The van der Waals surface area contributed by atoms with Gasteiger partial charge < -0.3 is 19.1 Å². The Balaban J connectivity index is 1.97. The Kier molecular flexibility index (Phi) is 8.41. The van der Waals surface area contributed by atoms with Crippen molar-refractivity contribution < 1.29 is 19.0 Å². The summed E-state index contributed by atoms with van der Waals surface area (Å²) in [6.45, 7) is 2.08. The Hall–Kier alpha value is -1.96. The van der Waals surface area contributed by atoms with Gasteiger partial charge in [-0.25, -0.2) is 0 Å². The lowest BCUT2D eigenvalue weighted by atomic mass is 10.0. The van der Waals surface area contributed by atoms with Crippen LogP contribution in [-0.2, 0) is 17.6 Å². The summed E-state index contributed by atoms with van der Waals surface area (Å²) in [5.41, 5.74) is 2.15. The molecule has 6 heteroatoms. The van der Waals surface area contributed by atoms with Crippen molar-refractivity contribution in [2.45, 2.75) is 32.2 Å². The molecule has 0 aliphatic carbocycles. The number of halogens is 1. The van der Waals surface area contributed by atoms with Crippen LogP contribution in [0.2, 0.25) is 0 Å². The van der Waals surface area contributed by atoms with E-state index in [-0.39, 0.29) is 11.9 Å². The standard InChI is InChI=1S/C22H28INO4/c1-15(6-8-17-14-18(26-3)9-10-19(17)23)24(2)22(25)13-16-7-11-20(27-4)21(12-16)28-5/h7,9-12,14-15H,6,8,13H2,1-5H3. The Morgan fingerprint density at radius 1 is 1.04 bits per heavy atom. The molecule has 2 aromatic carbocycles. The van der Waals surface area contributed by atoms with Crippen LogP contribution in [0.3, 0.4) is 0 Å². The SMILES string of the molecule is COc1ccc(I)c(CCC(C)N(C)C(=O)Cc2ccc(OC)c(OC)c2)c1. The molecule has 0 spiro atoms. The van der Waals surface area contributed by atoms with Crippen LogP contribution in [0.4, 0.5) is 0 Å². The second-order valence-electron chi connectivity index (χ2n) is 6.72. The zero-order chi connectivity index (χ0) is 20.7. The van der Waals surface area contributed by atoms with Gasteiger partial charge >= 0.3 is 0 Å². The van der Waals surface area contributed by atoms with Crippen molar-refractivity contribution in [2.75, 3.05) is 28.4 Å². The van der Waals surface area contributed by atoms with Gasteiger partial charge in [0.05, 0.1) is 27.8 Å². The predicted molar refractivity (Wildman–Crippen MR) is 120 cm³/mol. The highest BCUT2D eigenvalue weighted by atomic mass is 127. The van der Waals surface area contributed by atoms with E-state index in [1.54, 1.807) is 21.3 Å². The van der Waals surface area contributed by atoms with E-state index in [0.717, 1.165) is 24.2 Å². The van der Waals surface area contributed by atoms with Crippen molar-refractivity contribution in [1.82, 2.24) is 4.90 Å². The minimum Gasteiger partial charge on any atom is -0.497 e. The van der Waals surface area contributed by atoms with Gasteiger partial charge in [0, 0.05) is 16.7 Å². The smallest absolute Gasteiger partial charge is 0.226 e. The minimum atomic E-state index is 0.0834. The average Bonchev–Trinajstić information content (AvgIpc) is 2.72. The molecule has 0 saturated carbocycles. The van der Waals surface area contributed by atoms with Crippen molar-refractivity contribution in [2.24, 2.45) is 0 Å². The van der Waals surface area contributed by atoms with Crippen molar-refractivity contribution in [1.29, 1.82) is 0 Å². The molecule has 1 atom stereocenters. The quantitative estimate of drug-likeness (QED) is 0.484. The van der Waals surface area contributed by atoms with E-state index in [2.05, 4.69) is 41.6 Å². The molecule has 28 heavy (non-hydrogen) atoms. The van der Waals surface area contributed by atoms with Gasteiger partial charge in [-0.1, -0.05) is 6.07 Å². The Bertz CT molecular complexity index is 809. The maximum atomic E-state index is 12.7. The number of aryl methyl sites for hydroxylation is 1. The molecular formula is C22H28INO4. The van der Waals surface area contributed by atoms with Crippen LogP contribution in [0.15, 0.2) is 36.4 Å². The first-order valence-electron chi connectivity index (χ1n) is 9.18. The molecule has 152 valence electrons. The van der Waals surface area contributed by atoms with Gasteiger partial charge in [-0.2, -0.15) is 0 Å². The maximum Gasteiger partial charge on any atom is 0.226 e. The van der Waals surface area contributed by atoms with E-state index < -0.39 is 0 Å². The highest BCUT2D eigenvalue weighted by Gasteiger charge is 2.17. The van der Waals surface area contributed by atoms with Crippen molar-refractivity contribution in [3.05, 3.63) is 51.1 Å². The molecule has 1 unspecified atom stereocenters. The highest BCUT2D eigenvalue weighted by Crippen LogP contribution is 2.28. The van der Waals surface area contributed by atoms with Crippen LogP contribution < -0.4 is 14.2 Å². The van der Waals surface area contributed by atoms with Gasteiger partial charge in [0.2, 0.25) is 5.91 Å². The number of hydrogen-bond acceptors (Lipinski definition) is 4. The summed E-state index contributed by atoms with van der Waals surface area (Å²) in [7, 11) is 6.73. The summed E-state index contributed by atoms with van der Waals surface area (Å²) in [4.78, 5) is 14.5. The summed E-state index contributed by atoms with van der Waals surface area (Å²) >= 11 is 2.34. The fraction of sp³-hybridized carbons (Fsp3) is 0.409. The van der Waals surface area contributed by atoms with E-state index in [1.165, 1.54) is 9.13 Å². The number of carbonyl (C=O) groups excluding carboxylic acids is 1. The minimum absolute atomic E-state index is 0.0834. The lowest BCUT2D eigenvalue weighted by Crippen LogP contribution is -2.36. The fourth-order valence-corrected chi connectivity index (χ4v) is 3.57. The Morgan fingerprint density at radius 3 is 2.39 bits per heavy atom. The molecule has 0 saturated heterocycles. The lowest BCUT2D eigenvalue weighted by molar-refractivity contribution is -0.131. The number of rotatable bonds is 9. The third-order valence-electron chi connectivity index (χ3n) is 4.94. The third kappa shape index (κ3) is 5.77.